The molecule has 9 heteroatoms. The molecule has 0 radical (unpaired) electrons. The molecule has 0 aromatic carbocycles. The number of rotatable bonds is 3. The van der Waals surface area contributed by atoms with Gasteiger partial charge in [-0.05, 0) is 25.0 Å². The third-order valence-corrected chi connectivity index (χ3v) is 5.58. The van der Waals surface area contributed by atoms with E-state index < -0.39 is 5.67 Å². The Morgan fingerprint density at radius 3 is 2.75 bits per heavy atom. The number of fused-ring (bicyclic) bond motifs is 1. The molecule has 0 spiro atoms. The van der Waals surface area contributed by atoms with Gasteiger partial charge in [0.1, 0.15) is 17.2 Å². The maximum atomic E-state index is 14.3. The first-order chi connectivity index (χ1) is 13.5. The second-order valence-electron chi connectivity index (χ2n) is 7.38. The number of hydrogen-bond acceptors (Lipinski definition) is 7. The first-order valence-electron chi connectivity index (χ1n) is 9.57. The van der Waals surface area contributed by atoms with Gasteiger partial charge in [0.2, 0.25) is 0 Å². The van der Waals surface area contributed by atoms with Gasteiger partial charge >= 0.3 is 0 Å². The highest BCUT2D eigenvalue weighted by Crippen LogP contribution is 2.29. The van der Waals surface area contributed by atoms with E-state index in [0.717, 1.165) is 24.2 Å². The van der Waals surface area contributed by atoms with Gasteiger partial charge in [0.05, 0.1) is 17.6 Å². The number of aryl methyl sites for hydroxylation is 1. The molecule has 2 aliphatic rings. The third kappa shape index (κ3) is 3.37. The summed E-state index contributed by atoms with van der Waals surface area (Å²) in [5, 5.41) is 8.63. The minimum Gasteiger partial charge on any atom is -0.382 e. The van der Waals surface area contributed by atoms with Crippen LogP contribution < -0.4 is 21.3 Å². The zero-order valence-corrected chi connectivity index (χ0v) is 15.7. The Morgan fingerprint density at radius 1 is 1.25 bits per heavy atom. The molecule has 5 N–H and O–H groups in total. The smallest absolute Gasteiger partial charge is 0.155 e. The molecule has 2 aromatic rings. The van der Waals surface area contributed by atoms with Crippen LogP contribution in [0.25, 0.3) is 0 Å². The Balaban J connectivity index is 1.54. The number of nitrogens with zero attached hydrogens (tertiary/aromatic N) is 5. The molecule has 28 heavy (non-hydrogen) atoms. The number of halogens is 1. The van der Waals surface area contributed by atoms with Crippen LogP contribution in [-0.4, -0.2) is 52.6 Å². The molecule has 0 aliphatic carbocycles. The van der Waals surface area contributed by atoms with Crippen molar-refractivity contribution in [1.29, 1.82) is 5.41 Å². The van der Waals surface area contributed by atoms with Crippen LogP contribution in [0, 0.1) is 5.41 Å². The number of amidine groups is 1. The Bertz CT molecular complexity index is 878. The maximum Gasteiger partial charge on any atom is 0.155 e. The van der Waals surface area contributed by atoms with Crippen molar-refractivity contribution < 1.29 is 4.39 Å². The predicted molar refractivity (Wildman–Crippen MR) is 108 cm³/mol. The molecule has 1 fully saturated rings. The van der Waals surface area contributed by atoms with E-state index in [1.54, 1.807) is 12.4 Å². The average molecular weight is 384 g/mol. The van der Waals surface area contributed by atoms with E-state index in [1.165, 1.54) is 0 Å². The molecular weight excluding hydrogens is 359 g/mol. The van der Waals surface area contributed by atoms with E-state index in [0.29, 0.717) is 44.0 Å². The predicted octanol–water partition coefficient (Wildman–Crippen LogP) is 1.50. The van der Waals surface area contributed by atoms with Crippen LogP contribution in [0.15, 0.2) is 24.5 Å². The molecule has 8 nitrogen and oxygen atoms in total. The lowest BCUT2D eigenvalue weighted by Gasteiger charge is -2.36. The quantitative estimate of drug-likeness (QED) is 0.541. The lowest BCUT2D eigenvalue weighted by molar-refractivity contribution is 0.135. The molecule has 4 rings (SSSR count). The minimum absolute atomic E-state index is 0.0386. The lowest BCUT2D eigenvalue weighted by Crippen LogP contribution is -2.46. The highest BCUT2D eigenvalue weighted by molar-refractivity contribution is 6.09. The monoisotopic (exact) mass is 384 g/mol. The average Bonchev–Trinajstić information content (AvgIpc) is 2.73. The number of aromatic nitrogens is 3. The summed E-state index contributed by atoms with van der Waals surface area (Å²) in [5.74, 6) is 1.03. The number of nitrogens with two attached hydrogens (primary N) is 2. The van der Waals surface area contributed by atoms with Gasteiger partial charge in [0, 0.05) is 45.2 Å². The third-order valence-electron chi connectivity index (χ3n) is 5.58. The topological polar surface area (TPSA) is 121 Å². The maximum absolute atomic E-state index is 14.3. The van der Waals surface area contributed by atoms with Gasteiger partial charge < -0.3 is 21.3 Å². The fraction of sp³-hybridized carbons (Fsp3) is 0.474. The normalized spacial score (nSPS) is 18.6. The van der Waals surface area contributed by atoms with Crippen LogP contribution in [-0.2, 0) is 6.42 Å². The summed E-state index contributed by atoms with van der Waals surface area (Å²) >= 11 is 0. The van der Waals surface area contributed by atoms with Crippen molar-refractivity contribution in [3.8, 4) is 0 Å². The molecule has 4 heterocycles. The Labute approximate surface area is 163 Å². The van der Waals surface area contributed by atoms with E-state index in [4.69, 9.17) is 16.9 Å². The van der Waals surface area contributed by atoms with E-state index in [1.807, 2.05) is 21.9 Å². The summed E-state index contributed by atoms with van der Waals surface area (Å²) in [4.78, 5) is 17.1. The highest BCUT2D eigenvalue weighted by atomic mass is 19.1. The van der Waals surface area contributed by atoms with Crippen LogP contribution >= 0.6 is 0 Å². The number of piperidine rings is 1. The second kappa shape index (κ2) is 7.31. The number of nitrogens with one attached hydrogen (secondary N) is 1. The van der Waals surface area contributed by atoms with Gasteiger partial charge in [-0.2, -0.15) is 0 Å². The molecular formula is C19H25FN8. The van der Waals surface area contributed by atoms with Crippen molar-refractivity contribution in [1.82, 2.24) is 15.0 Å². The molecule has 2 aromatic heterocycles. The summed E-state index contributed by atoms with van der Waals surface area (Å²) < 4.78 is 14.3. The first-order valence-corrected chi connectivity index (χ1v) is 9.57. The van der Waals surface area contributed by atoms with Crippen molar-refractivity contribution in [2.24, 2.45) is 5.73 Å². The molecule has 0 amide bonds. The summed E-state index contributed by atoms with van der Waals surface area (Å²) in [7, 11) is 0. The number of alkyl halides is 1. The van der Waals surface area contributed by atoms with Crippen molar-refractivity contribution in [3.05, 3.63) is 35.9 Å². The van der Waals surface area contributed by atoms with Gasteiger partial charge in [-0.1, -0.05) is 0 Å². The van der Waals surface area contributed by atoms with Crippen molar-refractivity contribution >= 4 is 23.2 Å². The first kappa shape index (κ1) is 18.5. The second-order valence-corrected chi connectivity index (χ2v) is 7.38. The van der Waals surface area contributed by atoms with E-state index >= 15 is 0 Å². The highest BCUT2D eigenvalue weighted by Gasteiger charge is 2.34. The molecule has 148 valence electrons. The molecule has 2 aliphatic heterocycles. The van der Waals surface area contributed by atoms with Gasteiger partial charge in [0.15, 0.2) is 11.7 Å². The van der Waals surface area contributed by atoms with Crippen molar-refractivity contribution in [2.45, 2.75) is 31.4 Å². The summed E-state index contributed by atoms with van der Waals surface area (Å²) in [6.45, 7) is 1.79. The van der Waals surface area contributed by atoms with Crippen LogP contribution in [0.5, 0.6) is 0 Å². The van der Waals surface area contributed by atoms with Gasteiger partial charge in [-0.15, -0.1) is 0 Å². The lowest BCUT2D eigenvalue weighted by atomic mass is 9.93. The largest absolute Gasteiger partial charge is 0.382 e. The van der Waals surface area contributed by atoms with Crippen molar-refractivity contribution in [2.75, 3.05) is 41.7 Å². The van der Waals surface area contributed by atoms with Gasteiger partial charge in [-0.3, -0.25) is 10.4 Å². The number of anilines is 3. The fourth-order valence-corrected chi connectivity index (χ4v) is 3.82. The molecule has 0 atom stereocenters. The van der Waals surface area contributed by atoms with Crippen LogP contribution in [0.3, 0.4) is 0 Å². The van der Waals surface area contributed by atoms with Crippen LogP contribution in [0.2, 0.25) is 0 Å². The molecule has 1 saturated heterocycles. The molecule has 0 saturated carbocycles. The van der Waals surface area contributed by atoms with Crippen molar-refractivity contribution in [3.63, 3.8) is 0 Å². The van der Waals surface area contributed by atoms with Gasteiger partial charge in [0.25, 0.3) is 0 Å². The number of nitrogen functional groups attached to an aromatic ring is 1. The van der Waals surface area contributed by atoms with E-state index in [-0.39, 0.29) is 18.2 Å². The van der Waals surface area contributed by atoms with Crippen LogP contribution in [0.1, 0.15) is 30.7 Å². The summed E-state index contributed by atoms with van der Waals surface area (Å²) in [5.41, 5.74) is 12.6. The van der Waals surface area contributed by atoms with E-state index in [2.05, 4.69) is 15.0 Å². The zero-order chi connectivity index (χ0) is 19.7. The standard InChI is InChI=1S/C19H25FN8/c20-19(12-21)5-9-27(10-6-19)15-11-25-16(17(22)26-15)18(23)28-8-2-3-13-14(28)4-1-7-24-13/h1,4,7,11,23H,2-3,5-6,8-10,12,21H2,(H2,22,26). The Hall–Kier alpha value is -2.81. The summed E-state index contributed by atoms with van der Waals surface area (Å²) in [6.07, 6.45) is 5.92. The van der Waals surface area contributed by atoms with Crippen LogP contribution in [0.4, 0.5) is 21.7 Å². The number of pyridine rings is 1. The Kier molecular flexibility index (Phi) is 4.84. The molecule has 0 unspecified atom stereocenters. The van der Waals surface area contributed by atoms with Gasteiger partial charge in [-0.25, -0.2) is 14.4 Å². The fourth-order valence-electron chi connectivity index (χ4n) is 3.82. The SMILES string of the molecule is N=C(c1ncc(N2CCC(F)(CN)CC2)nc1N)N1CCCc2ncccc21. The summed E-state index contributed by atoms with van der Waals surface area (Å²) in [6, 6.07) is 3.83. The van der Waals surface area contributed by atoms with E-state index in [9.17, 15) is 4.39 Å². The zero-order valence-electron chi connectivity index (χ0n) is 15.7. The minimum atomic E-state index is -1.30. The molecule has 0 bridgehead atoms. The Morgan fingerprint density at radius 2 is 2.04 bits per heavy atom. The number of hydrogen-bond donors (Lipinski definition) is 3.